The number of nitrogens with zero attached hydrogens (tertiary/aromatic N) is 3. The molecule has 0 aliphatic carbocycles. The molecule has 7 nitrogen and oxygen atoms in total. The zero-order chi connectivity index (χ0) is 13.5. The van der Waals surface area contributed by atoms with Crippen molar-refractivity contribution in [2.45, 2.75) is 6.04 Å². The first kappa shape index (κ1) is 14.3. The topological polar surface area (TPSA) is 87.6 Å². The van der Waals surface area contributed by atoms with Crippen LogP contribution in [0.1, 0.15) is 10.5 Å². The third-order valence-electron chi connectivity index (χ3n) is 2.23. The van der Waals surface area contributed by atoms with Crippen LogP contribution < -0.4 is 5.32 Å². The highest BCUT2D eigenvalue weighted by Gasteiger charge is 2.11. The Bertz CT molecular complexity index is 380. The summed E-state index contributed by atoms with van der Waals surface area (Å²) in [6.07, 6.45) is 0. The van der Waals surface area contributed by atoms with E-state index in [0.29, 0.717) is 12.4 Å². The van der Waals surface area contributed by atoms with E-state index in [2.05, 4.69) is 15.5 Å². The van der Waals surface area contributed by atoms with Crippen molar-refractivity contribution in [3.63, 3.8) is 0 Å². The Hall–Kier alpha value is -1.73. The maximum absolute atomic E-state index is 11.6. The van der Waals surface area contributed by atoms with Crippen LogP contribution in [-0.4, -0.2) is 66.6 Å². The number of nitrogens with one attached hydrogen (secondary N) is 1. The molecule has 0 radical (unpaired) electrons. The predicted octanol–water partition coefficient (Wildman–Crippen LogP) is -0.402. The van der Waals surface area contributed by atoms with Gasteiger partial charge in [0.05, 0.1) is 19.3 Å². The second-order valence-corrected chi connectivity index (χ2v) is 3.98. The molecule has 0 saturated heterocycles. The summed E-state index contributed by atoms with van der Waals surface area (Å²) in [5, 5.41) is 19.7. The van der Waals surface area contributed by atoms with Gasteiger partial charge in [-0.1, -0.05) is 0 Å². The fraction of sp³-hybridized carbons (Fsp3) is 0.545. The molecular formula is C11H18N4O3. The number of aromatic nitrogens is 2. The van der Waals surface area contributed by atoms with E-state index in [9.17, 15) is 4.79 Å². The SMILES string of the molecule is COCC(CO)Nc1ccc(C(=O)N(C)C)nn1. The van der Waals surface area contributed by atoms with E-state index in [0.717, 1.165) is 0 Å². The number of ether oxygens (including phenoxy) is 1. The number of aliphatic hydroxyl groups excluding tert-OH is 1. The van der Waals surface area contributed by atoms with E-state index in [4.69, 9.17) is 9.84 Å². The second kappa shape index (κ2) is 6.87. The molecule has 2 N–H and O–H groups in total. The van der Waals surface area contributed by atoms with Crippen molar-refractivity contribution in [2.75, 3.05) is 39.7 Å². The lowest BCUT2D eigenvalue weighted by molar-refractivity contribution is 0.0821. The fourth-order valence-electron chi connectivity index (χ4n) is 1.30. The summed E-state index contributed by atoms with van der Waals surface area (Å²) in [5.41, 5.74) is 0.276. The molecule has 0 spiro atoms. The molecule has 7 heteroatoms. The van der Waals surface area contributed by atoms with Gasteiger partial charge < -0.3 is 20.1 Å². The smallest absolute Gasteiger partial charge is 0.273 e. The highest BCUT2D eigenvalue weighted by atomic mass is 16.5. The van der Waals surface area contributed by atoms with Crippen molar-refractivity contribution in [1.29, 1.82) is 0 Å². The van der Waals surface area contributed by atoms with Crippen molar-refractivity contribution in [1.82, 2.24) is 15.1 Å². The number of methoxy groups -OCH3 is 1. The van der Waals surface area contributed by atoms with E-state index in [1.807, 2.05) is 0 Å². The maximum atomic E-state index is 11.6. The molecule has 1 unspecified atom stereocenters. The number of hydrogen-bond acceptors (Lipinski definition) is 6. The van der Waals surface area contributed by atoms with Crippen LogP contribution in [0.4, 0.5) is 5.82 Å². The summed E-state index contributed by atoms with van der Waals surface area (Å²) < 4.78 is 4.93. The van der Waals surface area contributed by atoms with E-state index < -0.39 is 0 Å². The number of carbonyl (C=O) groups is 1. The molecule has 1 rings (SSSR count). The van der Waals surface area contributed by atoms with Crippen LogP contribution in [0.25, 0.3) is 0 Å². The summed E-state index contributed by atoms with van der Waals surface area (Å²) in [5.74, 6) is 0.283. The molecule has 1 heterocycles. The molecule has 100 valence electrons. The minimum absolute atomic E-state index is 0.0755. The van der Waals surface area contributed by atoms with Gasteiger partial charge >= 0.3 is 0 Å². The van der Waals surface area contributed by atoms with Gasteiger partial charge in [-0.25, -0.2) is 0 Å². The highest BCUT2D eigenvalue weighted by Crippen LogP contribution is 2.05. The average molecular weight is 254 g/mol. The first-order valence-corrected chi connectivity index (χ1v) is 5.50. The lowest BCUT2D eigenvalue weighted by Gasteiger charge is -2.15. The van der Waals surface area contributed by atoms with Crippen molar-refractivity contribution < 1.29 is 14.6 Å². The molecular weight excluding hydrogens is 236 g/mol. The van der Waals surface area contributed by atoms with E-state index in [-0.39, 0.29) is 24.2 Å². The zero-order valence-corrected chi connectivity index (χ0v) is 10.8. The van der Waals surface area contributed by atoms with Gasteiger partial charge in [0, 0.05) is 21.2 Å². The molecule has 18 heavy (non-hydrogen) atoms. The van der Waals surface area contributed by atoms with Crippen LogP contribution >= 0.6 is 0 Å². The van der Waals surface area contributed by atoms with Gasteiger partial charge in [0.1, 0.15) is 5.82 Å². The van der Waals surface area contributed by atoms with E-state index >= 15 is 0 Å². The first-order chi connectivity index (χ1) is 8.58. The first-order valence-electron chi connectivity index (χ1n) is 5.50. The molecule has 0 aliphatic rings. The van der Waals surface area contributed by atoms with Crippen molar-refractivity contribution in [3.05, 3.63) is 17.8 Å². The number of hydrogen-bond donors (Lipinski definition) is 2. The van der Waals surface area contributed by atoms with Gasteiger partial charge in [0.25, 0.3) is 5.91 Å². The maximum Gasteiger partial charge on any atom is 0.273 e. The van der Waals surface area contributed by atoms with Crippen molar-refractivity contribution in [3.8, 4) is 0 Å². The van der Waals surface area contributed by atoms with E-state index in [1.165, 1.54) is 4.90 Å². The summed E-state index contributed by atoms with van der Waals surface area (Å²) in [6.45, 7) is 0.282. The number of amides is 1. The van der Waals surface area contributed by atoms with E-state index in [1.54, 1.807) is 33.3 Å². The Kier molecular flexibility index (Phi) is 5.47. The number of rotatable bonds is 6. The summed E-state index contributed by atoms with van der Waals surface area (Å²) in [7, 11) is 4.85. The molecule has 1 aromatic rings. The van der Waals surface area contributed by atoms with Gasteiger partial charge in [-0.05, 0) is 12.1 Å². The van der Waals surface area contributed by atoms with Crippen LogP contribution in [0.15, 0.2) is 12.1 Å². The van der Waals surface area contributed by atoms with Gasteiger partial charge in [-0.3, -0.25) is 4.79 Å². The molecule has 1 amide bonds. The fourth-order valence-corrected chi connectivity index (χ4v) is 1.30. The third kappa shape index (κ3) is 3.94. The summed E-state index contributed by atoms with van der Waals surface area (Å²) in [4.78, 5) is 13.0. The van der Waals surface area contributed by atoms with Crippen LogP contribution in [-0.2, 0) is 4.74 Å². The van der Waals surface area contributed by atoms with Crippen LogP contribution in [0.2, 0.25) is 0 Å². The van der Waals surface area contributed by atoms with Crippen molar-refractivity contribution in [2.24, 2.45) is 0 Å². The Morgan fingerprint density at radius 1 is 1.50 bits per heavy atom. The van der Waals surface area contributed by atoms with Crippen molar-refractivity contribution >= 4 is 11.7 Å². The molecule has 0 aromatic carbocycles. The molecule has 1 atom stereocenters. The molecule has 0 fully saturated rings. The number of aliphatic hydroxyl groups is 1. The lowest BCUT2D eigenvalue weighted by Crippen LogP contribution is -2.29. The predicted molar refractivity (Wildman–Crippen MR) is 66.4 cm³/mol. The Balaban J connectivity index is 2.68. The van der Waals surface area contributed by atoms with Crippen LogP contribution in [0, 0.1) is 0 Å². The molecule has 0 bridgehead atoms. The lowest BCUT2D eigenvalue weighted by atomic mass is 10.3. The van der Waals surface area contributed by atoms with Crippen LogP contribution in [0.5, 0.6) is 0 Å². The Morgan fingerprint density at radius 2 is 2.22 bits per heavy atom. The standard InChI is InChI=1S/C11H18N4O3/c1-15(2)11(17)9-4-5-10(14-13-9)12-8(6-16)7-18-3/h4-5,8,16H,6-7H2,1-3H3,(H,12,14). The summed E-state index contributed by atoms with van der Waals surface area (Å²) >= 11 is 0. The highest BCUT2D eigenvalue weighted by molar-refractivity contribution is 5.91. The van der Waals surface area contributed by atoms with Crippen LogP contribution in [0.3, 0.4) is 0 Å². The second-order valence-electron chi connectivity index (χ2n) is 3.98. The average Bonchev–Trinajstić information content (AvgIpc) is 2.38. The Morgan fingerprint density at radius 3 is 2.67 bits per heavy atom. The monoisotopic (exact) mass is 254 g/mol. The number of carbonyl (C=O) groups excluding carboxylic acids is 1. The molecule has 0 aliphatic heterocycles. The van der Waals surface area contributed by atoms with Gasteiger partial charge in [-0.2, -0.15) is 0 Å². The number of anilines is 1. The Labute approximate surface area is 106 Å². The third-order valence-corrected chi connectivity index (χ3v) is 2.23. The molecule has 1 aromatic heterocycles. The van der Waals surface area contributed by atoms with Gasteiger partial charge in [0.2, 0.25) is 0 Å². The largest absolute Gasteiger partial charge is 0.394 e. The minimum atomic E-state index is -0.250. The summed E-state index contributed by atoms with van der Waals surface area (Å²) in [6, 6.07) is 2.97. The van der Waals surface area contributed by atoms with Gasteiger partial charge in [-0.15, -0.1) is 10.2 Å². The minimum Gasteiger partial charge on any atom is -0.394 e. The quantitative estimate of drug-likeness (QED) is 0.718. The molecule has 0 saturated carbocycles. The zero-order valence-electron chi connectivity index (χ0n) is 10.8. The normalized spacial score (nSPS) is 12.0. The van der Waals surface area contributed by atoms with Gasteiger partial charge in [0.15, 0.2) is 5.69 Å².